The number of benzene rings is 2. The molecule has 5 nitrogen and oxygen atoms in total. The number of hydrogen-bond donors (Lipinski definition) is 3. The Kier molecular flexibility index (Phi) is 6.38. The zero-order valence-electron chi connectivity index (χ0n) is 14.4. The van der Waals surface area contributed by atoms with Crippen LogP contribution in [0.4, 0.5) is 0 Å². The summed E-state index contributed by atoms with van der Waals surface area (Å²) in [6, 6.07) is 12.9. The third-order valence-electron chi connectivity index (χ3n) is 4.29. The molecule has 0 saturated carbocycles. The van der Waals surface area contributed by atoms with Gasteiger partial charge in [-0.25, -0.2) is 5.43 Å². The van der Waals surface area contributed by atoms with Gasteiger partial charge in [-0.15, -0.1) is 0 Å². The second-order valence-electron chi connectivity index (χ2n) is 6.08. The molecule has 7 heteroatoms. The first-order chi connectivity index (χ1) is 12.6. The number of amides is 1. The maximum atomic E-state index is 12.7. The highest BCUT2D eigenvalue weighted by Crippen LogP contribution is 2.32. The van der Waals surface area contributed by atoms with Gasteiger partial charge in [-0.1, -0.05) is 41.4 Å². The predicted octanol–water partition coefficient (Wildman–Crippen LogP) is 3.47. The molecule has 1 fully saturated rings. The van der Waals surface area contributed by atoms with Crippen molar-refractivity contribution >= 4 is 29.1 Å². The molecule has 2 atom stereocenters. The van der Waals surface area contributed by atoms with Gasteiger partial charge >= 0.3 is 0 Å². The van der Waals surface area contributed by atoms with Crippen molar-refractivity contribution in [1.29, 1.82) is 0 Å². The molecule has 0 radical (unpaired) electrons. The lowest BCUT2D eigenvalue weighted by atomic mass is 9.94. The Bertz CT molecular complexity index is 785. The van der Waals surface area contributed by atoms with Crippen LogP contribution >= 0.6 is 23.2 Å². The van der Waals surface area contributed by atoms with Gasteiger partial charge in [0, 0.05) is 18.1 Å². The van der Waals surface area contributed by atoms with Gasteiger partial charge < -0.3 is 10.1 Å². The van der Waals surface area contributed by atoms with Crippen LogP contribution in [0.5, 0.6) is 5.75 Å². The largest absolute Gasteiger partial charge is 0.492 e. The Morgan fingerprint density at radius 1 is 1.27 bits per heavy atom. The molecule has 1 saturated heterocycles. The summed E-state index contributed by atoms with van der Waals surface area (Å²) < 4.78 is 5.47. The highest BCUT2D eigenvalue weighted by atomic mass is 35.5. The Labute approximate surface area is 163 Å². The van der Waals surface area contributed by atoms with E-state index in [0.29, 0.717) is 35.5 Å². The van der Waals surface area contributed by atoms with E-state index >= 15 is 0 Å². The molecular weight excluding hydrogens is 373 g/mol. The molecule has 0 aromatic heterocycles. The molecular formula is C19H21Cl2N3O2. The van der Waals surface area contributed by atoms with E-state index in [4.69, 9.17) is 27.9 Å². The summed E-state index contributed by atoms with van der Waals surface area (Å²) in [7, 11) is 0. The third-order valence-corrected chi connectivity index (χ3v) is 4.82. The van der Waals surface area contributed by atoms with Crippen molar-refractivity contribution in [3.8, 4) is 5.75 Å². The summed E-state index contributed by atoms with van der Waals surface area (Å²) in [4.78, 5) is 12.7. The van der Waals surface area contributed by atoms with Gasteiger partial charge in [0.25, 0.3) is 0 Å². The van der Waals surface area contributed by atoms with E-state index in [1.54, 1.807) is 0 Å². The van der Waals surface area contributed by atoms with Crippen LogP contribution in [0.3, 0.4) is 0 Å². The Hall–Kier alpha value is -1.79. The van der Waals surface area contributed by atoms with Gasteiger partial charge in [0.05, 0.1) is 23.6 Å². The standard InChI is InChI=1S/C19H21Cl2N3O2/c1-2-26-17-7-6-13(9-16(17)21)18-15(11-23-24-18)19(25)22-10-12-4-3-5-14(20)8-12/h3-9,15,18,23-24H,2,10-11H2,1H3,(H,22,25). The van der Waals surface area contributed by atoms with Crippen LogP contribution in [0.2, 0.25) is 10.0 Å². The summed E-state index contributed by atoms with van der Waals surface area (Å²) in [5.41, 5.74) is 8.12. The second-order valence-corrected chi connectivity index (χ2v) is 6.92. The van der Waals surface area contributed by atoms with Crippen molar-refractivity contribution in [3.63, 3.8) is 0 Å². The predicted molar refractivity (Wildman–Crippen MR) is 103 cm³/mol. The van der Waals surface area contributed by atoms with Crippen LogP contribution in [0.15, 0.2) is 42.5 Å². The van der Waals surface area contributed by atoms with Gasteiger partial charge in [-0.3, -0.25) is 10.2 Å². The molecule has 0 aliphatic carbocycles. The van der Waals surface area contributed by atoms with Crippen LogP contribution in [-0.4, -0.2) is 19.1 Å². The van der Waals surface area contributed by atoms with Crippen LogP contribution in [0.1, 0.15) is 24.1 Å². The van der Waals surface area contributed by atoms with Crippen LogP contribution < -0.4 is 20.9 Å². The molecule has 2 aromatic rings. The number of rotatable bonds is 6. The number of hydrazine groups is 1. The maximum Gasteiger partial charge on any atom is 0.226 e. The molecule has 2 aromatic carbocycles. The van der Waals surface area contributed by atoms with Crippen LogP contribution in [0.25, 0.3) is 0 Å². The fraction of sp³-hybridized carbons (Fsp3) is 0.316. The minimum Gasteiger partial charge on any atom is -0.492 e. The smallest absolute Gasteiger partial charge is 0.226 e. The average Bonchev–Trinajstić information content (AvgIpc) is 3.11. The SMILES string of the molecule is CCOc1ccc(C2NNCC2C(=O)NCc2cccc(Cl)c2)cc1Cl. The lowest BCUT2D eigenvalue weighted by Gasteiger charge is -2.19. The van der Waals surface area contributed by atoms with Crippen molar-refractivity contribution in [2.45, 2.75) is 19.5 Å². The van der Waals surface area contributed by atoms with Gasteiger partial charge in [0.15, 0.2) is 0 Å². The molecule has 138 valence electrons. The van der Waals surface area contributed by atoms with E-state index in [-0.39, 0.29) is 17.9 Å². The lowest BCUT2D eigenvalue weighted by Crippen LogP contribution is -2.34. The normalized spacial score (nSPS) is 19.3. The number of ether oxygens (including phenoxy) is 1. The Morgan fingerprint density at radius 3 is 2.85 bits per heavy atom. The van der Waals surface area contributed by atoms with E-state index in [1.807, 2.05) is 49.4 Å². The number of carbonyl (C=O) groups is 1. The minimum absolute atomic E-state index is 0.0301. The molecule has 2 unspecified atom stereocenters. The number of carbonyl (C=O) groups excluding carboxylic acids is 1. The summed E-state index contributed by atoms with van der Waals surface area (Å²) in [6.07, 6.45) is 0. The molecule has 1 aliphatic heterocycles. The van der Waals surface area contributed by atoms with Gasteiger partial charge in [-0.05, 0) is 42.3 Å². The highest BCUT2D eigenvalue weighted by molar-refractivity contribution is 6.32. The van der Waals surface area contributed by atoms with Gasteiger partial charge in [0.1, 0.15) is 5.75 Å². The topological polar surface area (TPSA) is 62.4 Å². The number of nitrogens with one attached hydrogen (secondary N) is 3. The Morgan fingerprint density at radius 2 is 2.12 bits per heavy atom. The molecule has 0 spiro atoms. The summed E-state index contributed by atoms with van der Waals surface area (Å²) >= 11 is 12.3. The Balaban J connectivity index is 1.67. The minimum atomic E-state index is -0.247. The van der Waals surface area contributed by atoms with Crippen molar-refractivity contribution in [3.05, 3.63) is 63.6 Å². The first-order valence-electron chi connectivity index (χ1n) is 8.51. The summed E-state index contributed by atoms with van der Waals surface area (Å²) in [6.45, 7) is 3.44. The number of hydrogen-bond acceptors (Lipinski definition) is 4. The number of halogens is 2. The third kappa shape index (κ3) is 4.48. The molecule has 26 heavy (non-hydrogen) atoms. The lowest BCUT2D eigenvalue weighted by molar-refractivity contribution is -0.125. The molecule has 1 amide bonds. The van der Waals surface area contributed by atoms with E-state index in [1.165, 1.54) is 0 Å². The highest BCUT2D eigenvalue weighted by Gasteiger charge is 2.34. The monoisotopic (exact) mass is 393 g/mol. The molecule has 1 heterocycles. The summed E-state index contributed by atoms with van der Waals surface area (Å²) in [5, 5.41) is 4.17. The van der Waals surface area contributed by atoms with Crippen molar-refractivity contribution in [2.24, 2.45) is 5.92 Å². The zero-order chi connectivity index (χ0) is 18.5. The van der Waals surface area contributed by atoms with E-state index in [0.717, 1.165) is 11.1 Å². The first-order valence-corrected chi connectivity index (χ1v) is 9.27. The summed E-state index contributed by atoms with van der Waals surface area (Å²) in [5.74, 6) is 0.367. The van der Waals surface area contributed by atoms with Crippen molar-refractivity contribution < 1.29 is 9.53 Å². The zero-order valence-corrected chi connectivity index (χ0v) is 15.9. The van der Waals surface area contributed by atoms with E-state index < -0.39 is 0 Å². The van der Waals surface area contributed by atoms with Crippen molar-refractivity contribution in [2.75, 3.05) is 13.2 Å². The molecule has 3 rings (SSSR count). The van der Waals surface area contributed by atoms with E-state index in [9.17, 15) is 4.79 Å². The van der Waals surface area contributed by atoms with E-state index in [2.05, 4.69) is 16.2 Å². The second kappa shape index (κ2) is 8.73. The van der Waals surface area contributed by atoms with Crippen LogP contribution in [-0.2, 0) is 11.3 Å². The quantitative estimate of drug-likeness (QED) is 0.702. The van der Waals surface area contributed by atoms with Gasteiger partial charge in [0.2, 0.25) is 5.91 Å². The molecule has 1 aliphatic rings. The fourth-order valence-electron chi connectivity index (χ4n) is 3.01. The maximum absolute atomic E-state index is 12.7. The average molecular weight is 394 g/mol. The molecule has 0 bridgehead atoms. The van der Waals surface area contributed by atoms with Crippen LogP contribution in [0, 0.1) is 5.92 Å². The fourth-order valence-corrected chi connectivity index (χ4v) is 3.46. The first kappa shape index (κ1) is 19.0. The molecule has 3 N–H and O–H groups in total. The van der Waals surface area contributed by atoms with Gasteiger partial charge in [-0.2, -0.15) is 0 Å². The van der Waals surface area contributed by atoms with Crippen molar-refractivity contribution in [1.82, 2.24) is 16.2 Å².